The number of fused-ring (bicyclic) bond motifs is 1. The first-order chi connectivity index (χ1) is 9.22. The van der Waals surface area contributed by atoms with Crippen LogP contribution >= 0.6 is 22.9 Å². The Morgan fingerprint density at radius 1 is 1.42 bits per heavy atom. The van der Waals surface area contributed by atoms with Crippen LogP contribution in [0.4, 0.5) is 5.13 Å². The molecule has 3 aromatic rings. The van der Waals surface area contributed by atoms with Crippen LogP contribution in [0.15, 0.2) is 30.7 Å². The number of hydrogen-bond donors (Lipinski definition) is 3. The predicted molar refractivity (Wildman–Crippen MR) is 74.3 cm³/mol. The number of anilines is 1. The molecule has 3 rings (SSSR count). The number of benzene rings is 1. The third-order valence-electron chi connectivity index (χ3n) is 2.38. The summed E-state index contributed by atoms with van der Waals surface area (Å²) in [5.74, 6) is -0.310. The smallest absolute Gasteiger partial charge is 0.287 e. The number of H-pyrrole nitrogens is 1. The van der Waals surface area contributed by atoms with Gasteiger partial charge in [-0.25, -0.2) is 9.97 Å². The fourth-order valence-corrected chi connectivity index (χ4v) is 2.60. The summed E-state index contributed by atoms with van der Waals surface area (Å²) < 4.78 is 0.950. The molecule has 0 aliphatic rings. The summed E-state index contributed by atoms with van der Waals surface area (Å²) in [5, 5.41) is 1.24. The highest BCUT2D eigenvalue weighted by atomic mass is 35.5. The number of rotatable bonds is 3. The Labute approximate surface area is 116 Å². The van der Waals surface area contributed by atoms with Crippen LogP contribution in [-0.2, 0) is 0 Å². The molecule has 8 heteroatoms. The van der Waals surface area contributed by atoms with Crippen molar-refractivity contribution in [3.05, 3.63) is 41.4 Å². The summed E-state index contributed by atoms with van der Waals surface area (Å²) >= 11 is 7.30. The van der Waals surface area contributed by atoms with E-state index in [2.05, 4.69) is 25.8 Å². The van der Waals surface area contributed by atoms with Gasteiger partial charge in [-0.1, -0.05) is 22.9 Å². The number of hydrazine groups is 1. The molecule has 1 amide bonds. The molecule has 3 N–H and O–H groups in total. The first kappa shape index (κ1) is 11.9. The van der Waals surface area contributed by atoms with Gasteiger partial charge in [0, 0.05) is 5.02 Å². The van der Waals surface area contributed by atoms with Gasteiger partial charge in [-0.2, -0.15) is 0 Å². The lowest BCUT2D eigenvalue weighted by Gasteiger charge is -2.02. The van der Waals surface area contributed by atoms with Crippen LogP contribution < -0.4 is 10.9 Å². The van der Waals surface area contributed by atoms with Crippen LogP contribution in [-0.4, -0.2) is 20.9 Å². The van der Waals surface area contributed by atoms with Crippen molar-refractivity contribution >= 4 is 44.2 Å². The molecule has 2 heterocycles. The third kappa shape index (κ3) is 2.51. The minimum atomic E-state index is -0.310. The maximum Gasteiger partial charge on any atom is 0.287 e. The van der Waals surface area contributed by atoms with Crippen molar-refractivity contribution in [2.75, 3.05) is 5.43 Å². The average molecular weight is 294 g/mol. The number of aromatic nitrogens is 3. The molecule has 0 saturated heterocycles. The van der Waals surface area contributed by atoms with Crippen molar-refractivity contribution in [3.8, 4) is 0 Å². The maximum atomic E-state index is 11.7. The lowest BCUT2D eigenvalue weighted by atomic mass is 10.3. The van der Waals surface area contributed by atoms with Crippen molar-refractivity contribution in [1.82, 2.24) is 20.4 Å². The second-order valence-corrected chi connectivity index (χ2v) is 5.14. The van der Waals surface area contributed by atoms with E-state index in [0.717, 1.165) is 10.2 Å². The summed E-state index contributed by atoms with van der Waals surface area (Å²) in [6.45, 7) is 0. The van der Waals surface area contributed by atoms with Gasteiger partial charge in [-0.05, 0) is 18.2 Å². The van der Waals surface area contributed by atoms with E-state index in [1.54, 1.807) is 6.07 Å². The predicted octanol–water partition coefficient (Wildman–Crippen LogP) is 2.43. The van der Waals surface area contributed by atoms with Crippen LogP contribution in [0.25, 0.3) is 10.2 Å². The Hall–Kier alpha value is -2.12. The minimum absolute atomic E-state index is 0.310. The van der Waals surface area contributed by atoms with E-state index in [4.69, 9.17) is 11.6 Å². The van der Waals surface area contributed by atoms with Gasteiger partial charge < -0.3 is 4.98 Å². The van der Waals surface area contributed by atoms with Crippen molar-refractivity contribution in [2.24, 2.45) is 0 Å². The second kappa shape index (κ2) is 4.87. The fraction of sp³-hybridized carbons (Fsp3) is 0. The number of imidazole rings is 1. The van der Waals surface area contributed by atoms with Gasteiger partial charge in [0.25, 0.3) is 5.91 Å². The van der Waals surface area contributed by atoms with Gasteiger partial charge in [0.1, 0.15) is 5.69 Å². The third-order valence-corrected chi connectivity index (χ3v) is 3.54. The molecule has 0 aliphatic heterocycles. The molecule has 0 unspecified atom stereocenters. The molecule has 96 valence electrons. The highest BCUT2D eigenvalue weighted by molar-refractivity contribution is 7.22. The Bertz CT molecular complexity index is 724. The lowest BCUT2D eigenvalue weighted by molar-refractivity contribution is 0.0958. The Balaban J connectivity index is 1.73. The molecule has 2 aromatic heterocycles. The van der Waals surface area contributed by atoms with Crippen LogP contribution in [0, 0.1) is 0 Å². The number of halogens is 1. The van der Waals surface area contributed by atoms with E-state index < -0.39 is 0 Å². The largest absolute Gasteiger partial charge is 0.341 e. The Kier molecular flexibility index (Phi) is 3.06. The molecule has 1 aromatic carbocycles. The standard InChI is InChI=1S/C11H8ClN5OS/c12-6-1-2-7-9(3-6)19-11(15-7)17-16-10(18)8-4-13-5-14-8/h1-5H,(H,13,14)(H,15,17)(H,16,18). The highest BCUT2D eigenvalue weighted by Gasteiger charge is 2.08. The summed E-state index contributed by atoms with van der Waals surface area (Å²) in [7, 11) is 0. The molecule has 0 spiro atoms. The van der Waals surface area contributed by atoms with E-state index in [-0.39, 0.29) is 5.91 Å². The Morgan fingerprint density at radius 3 is 3.11 bits per heavy atom. The number of nitrogens with one attached hydrogen (secondary N) is 3. The van der Waals surface area contributed by atoms with Crippen LogP contribution in [0.3, 0.4) is 0 Å². The van der Waals surface area contributed by atoms with Crippen molar-refractivity contribution < 1.29 is 4.79 Å². The molecule has 6 nitrogen and oxygen atoms in total. The van der Waals surface area contributed by atoms with Gasteiger partial charge in [0.05, 0.1) is 22.7 Å². The van der Waals surface area contributed by atoms with Gasteiger partial charge in [-0.15, -0.1) is 0 Å². The zero-order chi connectivity index (χ0) is 13.2. The monoisotopic (exact) mass is 293 g/mol. The van der Waals surface area contributed by atoms with Crippen LogP contribution in [0.1, 0.15) is 10.5 Å². The topological polar surface area (TPSA) is 82.7 Å². The molecule has 0 aliphatic carbocycles. The molecule has 19 heavy (non-hydrogen) atoms. The zero-order valence-corrected chi connectivity index (χ0v) is 11.0. The van der Waals surface area contributed by atoms with Crippen LogP contribution in [0.5, 0.6) is 0 Å². The van der Waals surface area contributed by atoms with E-state index >= 15 is 0 Å². The quantitative estimate of drug-likeness (QED) is 0.648. The second-order valence-electron chi connectivity index (χ2n) is 3.68. The van der Waals surface area contributed by atoms with Gasteiger partial charge >= 0.3 is 0 Å². The molecule has 0 radical (unpaired) electrons. The van der Waals surface area contributed by atoms with E-state index in [1.807, 2.05) is 12.1 Å². The Morgan fingerprint density at radius 2 is 2.32 bits per heavy atom. The summed E-state index contributed by atoms with van der Waals surface area (Å²) in [6, 6.07) is 5.43. The molecule has 0 bridgehead atoms. The first-order valence-electron chi connectivity index (χ1n) is 5.33. The number of thiazole rings is 1. The molecular weight excluding hydrogens is 286 g/mol. The number of amides is 1. The number of carbonyl (C=O) groups is 1. The van der Waals surface area contributed by atoms with Crippen molar-refractivity contribution in [1.29, 1.82) is 0 Å². The highest BCUT2D eigenvalue weighted by Crippen LogP contribution is 2.27. The molecular formula is C11H8ClN5OS. The van der Waals surface area contributed by atoms with Gasteiger partial charge in [0.15, 0.2) is 0 Å². The fourth-order valence-electron chi connectivity index (χ4n) is 1.51. The number of nitrogens with zero attached hydrogens (tertiary/aromatic N) is 2. The minimum Gasteiger partial charge on any atom is -0.341 e. The SMILES string of the molecule is O=C(NNc1nc2ccc(Cl)cc2s1)c1cnc[nH]1. The van der Waals surface area contributed by atoms with E-state index in [0.29, 0.717) is 15.8 Å². The summed E-state index contributed by atoms with van der Waals surface area (Å²) in [5.41, 5.74) is 6.49. The van der Waals surface area contributed by atoms with Crippen LogP contribution in [0.2, 0.25) is 5.02 Å². The van der Waals surface area contributed by atoms with Crippen molar-refractivity contribution in [3.63, 3.8) is 0 Å². The van der Waals surface area contributed by atoms with Gasteiger partial charge in [0.2, 0.25) is 5.13 Å². The lowest BCUT2D eigenvalue weighted by Crippen LogP contribution is -2.29. The summed E-state index contributed by atoms with van der Waals surface area (Å²) in [4.78, 5) is 22.5. The van der Waals surface area contributed by atoms with Gasteiger partial charge in [-0.3, -0.25) is 15.6 Å². The number of hydrogen-bond acceptors (Lipinski definition) is 5. The molecule has 0 saturated carbocycles. The average Bonchev–Trinajstić information content (AvgIpc) is 3.04. The normalized spacial score (nSPS) is 10.6. The number of carbonyl (C=O) groups excluding carboxylic acids is 1. The molecule has 0 fully saturated rings. The van der Waals surface area contributed by atoms with E-state index in [9.17, 15) is 4.79 Å². The maximum absolute atomic E-state index is 11.7. The number of aromatic amines is 1. The zero-order valence-electron chi connectivity index (χ0n) is 9.48. The van der Waals surface area contributed by atoms with E-state index in [1.165, 1.54) is 23.9 Å². The summed E-state index contributed by atoms with van der Waals surface area (Å²) in [6.07, 6.45) is 2.88. The van der Waals surface area contributed by atoms with Crippen molar-refractivity contribution in [2.45, 2.75) is 0 Å². The first-order valence-corrected chi connectivity index (χ1v) is 6.52. The molecule has 0 atom stereocenters.